The van der Waals surface area contributed by atoms with E-state index in [1.807, 2.05) is 32.2 Å². The van der Waals surface area contributed by atoms with Crippen LogP contribution in [0.5, 0.6) is 5.75 Å². The van der Waals surface area contributed by atoms with Crippen LogP contribution >= 0.6 is 0 Å². The number of ether oxygens (including phenoxy) is 2. The number of likely N-dealkylation sites (N-methyl/N-ethyl adjacent to an activating group) is 1. The highest BCUT2D eigenvalue weighted by molar-refractivity contribution is 6.00. The van der Waals surface area contributed by atoms with Crippen LogP contribution in [0.4, 0.5) is 0 Å². The minimum Gasteiger partial charge on any atom is -0.496 e. The van der Waals surface area contributed by atoms with Crippen molar-refractivity contribution in [2.45, 2.75) is 19.8 Å². The van der Waals surface area contributed by atoms with Crippen LogP contribution in [-0.2, 0) is 4.74 Å². The first-order chi connectivity index (χ1) is 10.1. The molecule has 116 valence electrons. The van der Waals surface area contributed by atoms with Crippen molar-refractivity contribution in [2.75, 3.05) is 40.5 Å². The maximum atomic E-state index is 12.4. The first-order valence-electron chi connectivity index (χ1n) is 7.54. The fourth-order valence-corrected chi connectivity index (χ4v) is 2.82. The monoisotopic (exact) mass is 291 g/mol. The van der Waals surface area contributed by atoms with E-state index in [1.165, 1.54) is 6.42 Å². The molecule has 1 atom stereocenters. The molecule has 0 saturated carbocycles. The quantitative estimate of drug-likeness (QED) is 0.755. The Hall–Kier alpha value is -1.39. The van der Waals surface area contributed by atoms with Gasteiger partial charge in [-0.05, 0) is 50.4 Å². The zero-order valence-corrected chi connectivity index (χ0v) is 13.2. The number of ketones is 1. The van der Waals surface area contributed by atoms with Crippen LogP contribution in [-0.4, -0.2) is 51.1 Å². The predicted molar refractivity (Wildman–Crippen MR) is 83.1 cm³/mol. The van der Waals surface area contributed by atoms with Crippen LogP contribution < -0.4 is 4.74 Å². The predicted octanol–water partition coefficient (Wildman–Crippen LogP) is 2.54. The molecule has 1 heterocycles. The molecular weight excluding hydrogens is 266 g/mol. The third-order valence-corrected chi connectivity index (χ3v) is 3.90. The van der Waals surface area contributed by atoms with E-state index in [9.17, 15) is 4.79 Å². The summed E-state index contributed by atoms with van der Waals surface area (Å²) >= 11 is 0. The molecule has 2 rings (SSSR count). The minimum absolute atomic E-state index is 0.103. The smallest absolute Gasteiger partial charge is 0.180 e. The molecule has 1 unspecified atom stereocenters. The van der Waals surface area contributed by atoms with Crippen molar-refractivity contribution in [3.63, 3.8) is 0 Å². The van der Waals surface area contributed by atoms with Crippen molar-refractivity contribution in [3.8, 4) is 5.75 Å². The van der Waals surface area contributed by atoms with E-state index in [4.69, 9.17) is 9.47 Å². The van der Waals surface area contributed by atoms with Crippen LogP contribution in [0.3, 0.4) is 0 Å². The van der Waals surface area contributed by atoms with Gasteiger partial charge in [-0.1, -0.05) is 6.07 Å². The van der Waals surface area contributed by atoms with E-state index in [2.05, 4.69) is 4.90 Å². The van der Waals surface area contributed by atoms with Crippen molar-refractivity contribution in [1.29, 1.82) is 0 Å². The van der Waals surface area contributed by atoms with Gasteiger partial charge < -0.3 is 9.47 Å². The Morgan fingerprint density at radius 3 is 2.95 bits per heavy atom. The molecule has 0 amide bonds. The molecule has 0 aliphatic carbocycles. The lowest BCUT2D eigenvalue weighted by Crippen LogP contribution is -2.34. The fourth-order valence-electron chi connectivity index (χ4n) is 2.82. The molecule has 0 bridgehead atoms. The number of aryl methyl sites for hydroxylation is 1. The number of benzene rings is 1. The lowest BCUT2D eigenvalue weighted by Gasteiger charge is -2.26. The maximum absolute atomic E-state index is 12.4. The summed E-state index contributed by atoms with van der Waals surface area (Å²) in [6.07, 6.45) is 2.31. The summed E-state index contributed by atoms with van der Waals surface area (Å²) in [5.41, 5.74) is 1.76. The number of methoxy groups -OCH3 is 1. The van der Waals surface area contributed by atoms with Gasteiger partial charge in [-0.2, -0.15) is 0 Å². The molecule has 4 nitrogen and oxygen atoms in total. The molecular formula is C17H25NO3. The number of hydrogen-bond acceptors (Lipinski definition) is 4. The second-order valence-electron chi connectivity index (χ2n) is 5.91. The van der Waals surface area contributed by atoms with Crippen LogP contribution in [0.1, 0.15) is 28.8 Å². The van der Waals surface area contributed by atoms with Gasteiger partial charge in [0.1, 0.15) is 5.75 Å². The number of carbonyl (C=O) groups is 1. The summed E-state index contributed by atoms with van der Waals surface area (Å²) in [7, 11) is 3.60. The average Bonchev–Trinajstić information content (AvgIpc) is 2.47. The highest BCUT2D eigenvalue weighted by Gasteiger charge is 2.19. The molecule has 21 heavy (non-hydrogen) atoms. The summed E-state index contributed by atoms with van der Waals surface area (Å²) in [6.45, 7) is 4.99. The number of rotatable bonds is 6. The van der Waals surface area contributed by atoms with E-state index < -0.39 is 0 Å². The molecule has 0 aromatic heterocycles. The molecule has 0 N–H and O–H groups in total. The topological polar surface area (TPSA) is 38.8 Å². The molecule has 1 fully saturated rings. The standard InChI is InChI=1S/C17H25NO3/c1-13-6-7-15(17(9-13)20-3)16(19)11-18(2)10-14-5-4-8-21-12-14/h6-7,9,14H,4-5,8,10-12H2,1-3H3. The van der Waals surface area contributed by atoms with Crippen molar-refractivity contribution < 1.29 is 14.3 Å². The zero-order valence-electron chi connectivity index (χ0n) is 13.2. The van der Waals surface area contributed by atoms with Crippen molar-refractivity contribution >= 4 is 5.78 Å². The Kier molecular flexibility index (Phi) is 5.76. The molecule has 0 spiro atoms. The lowest BCUT2D eigenvalue weighted by atomic mass is 10.0. The summed E-state index contributed by atoms with van der Waals surface area (Å²) in [6, 6.07) is 5.71. The van der Waals surface area contributed by atoms with E-state index >= 15 is 0 Å². The Labute approximate surface area is 127 Å². The van der Waals surface area contributed by atoms with Gasteiger partial charge in [-0.3, -0.25) is 9.69 Å². The molecule has 1 aromatic carbocycles. The first kappa shape index (κ1) is 16.0. The van der Waals surface area contributed by atoms with Gasteiger partial charge in [0.15, 0.2) is 5.78 Å². The molecule has 1 aliphatic heterocycles. The highest BCUT2D eigenvalue weighted by Crippen LogP contribution is 2.21. The third kappa shape index (κ3) is 4.55. The SMILES string of the molecule is COc1cc(C)ccc1C(=O)CN(C)CC1CCCOC1. The average molecular weight is 291 g/mol. The van der Waals surface area contributed by atoms with Crippen molar-refractivity contribution in [3.05, 3.63) is 29.3 Å². The number of nitrogens with zero attached hydrogens (tertiary/aromatic N) is 1. The number of Topliss-reactive ketones (excluding diaryl/α,β-unsaturated/α-hetero) is 1. The van der Waals surface area contributed by atoms with Gasteiger partial charge in [-0.25, -0.2) is 0 Å². The van der Waals surface area contributed by atoms with E-state index in [1.54, 1.807) is 7.11 Å². The summed E-state index contributed by atoms with van der Waals surface area (Å²) < 4.78 is 10.8. The Morgan fingerprint density at radius 1 is 1.48 bits per heavy atom. The van der Waals surface area contributed by atoms with Gasteiger partial charge in [-0.15, -0.1) is 0 Å². The second kappa shape index (κ2) is 7.57. The first-order valence-corrected chi connectivity index (χ1v) is 7.54. The highest BCUT2D eigenvalue weighted by atomic mass is 16.5. The Bertz CT molecular complexity index is 481. The molecule has 4 heteroatoms. The van der Waals surface area contributed by atoms with Crippen molar-refractivity contribution in [2.24, 2.45) is 5.92 Å². The zero-order chi connectivity index (χ0) is 15.2. The van der Waals surface area contributed by atoms with Crippen LogP contribution in [0.25, 0.3) is 0 Å². The number of carbonyl (C=O) groups excluding carboxylic acids is 1. The van der Waals surface area contributed by atoms with Gasteiger partial charge in [0.2, 0.25) is 0 Å². The van der Waals surface area contributed by atoms with E-state index in [-0.39, 0.29) is 5.78 Å². The fraction of sp³-hybridized carbons (Fsp3) is 0.588. The summed E-state index contributed by atoms with van der Waals surface area (Å²) in [5, 5.41) is 0. The molecule has 0 radical (unpaired) electrons. The second-order valence-corrected chi connectivity index (χ2v) is 5.91. The largest absolute Gasteiger partial charge is 0.496 e. The number of hydrogen-bond donors (Lipinski definition) is 0. The Balaban J connectivity index is 1.94. The molecule has 1 aliphatic rings. The minimum atomic E-state index is 0.103. The van der Waals surface area contributed by atoms with Crippen LogP contribution in [0.2, 0.25) is 0 Å². The molecule has 1 saturated heterocycles. The maximum Gasteiger partial charge on any atom is 0.180 e. The van der Waals surface area contributed by atoms with E-state index in [0.717, 1.165) is 31.7 Å². The third-order valence-electron chi connectivity index (χ3n) is 3.90. The van der Waals surface area contributed by atoms with Gasteiger partial charge >= 0.3 is 0 Å². The van der Waals surface area contributed by atoms with Crippen LogP contribution in [0.15, 0.2) is 18.2 Å². The van der Waals surface area contributed by atoms with Gasteiger partial charge in [0, 0.05) is 13.2 Å². The Morgan fingerprint density at radius 2 is 2.29 bits per heavy atom. The molecule has 1 aromatic rings. The summed E-state index contributed by atoms with van der Waals surface area (Å²) in [4.78, 5) is 14.5. The van der Waals surface area contributed by atoms with Gasteiger partial charge in [0.05, 0.1) is 25.8 Å². The van der Waals surface area contributed by atoms with E-state index in [0.29, 0.717) is 23.8 Å². The normalized spacial score (nSPS) is 18.8. The summed E-state index contributed by atoms with van der Waals surface area (Å²) in [5.74, 6) is 1.30. The van der Waals surface area contributed by atoms with Crippen molar-refractivity contribution in [1.82, 2.24) is 4.90 Å². The lowest BCUT2D eigenvalue weighted by molar-refractivity contribution is 0.0416. The van der Waals surface area contributed by atoms with Gasteiger partial charge in [0.25, 0.3) is 0 Å². The van der Waals surface area contributed by atoms with Crippen LogP contribution in [0, 0.1) is 12.8 Å².